The fourth-order valence-electron chi connectivity index (χ4n) is 2.09. The maximum atomic E-state index is 12.7. The summed E-state index contributed by atoms with van der Waals surface area (Å²) in [6.45, 7) is 6.01. The van der Waals surface area contributed by atoms with Gasteiger partial charge in [0.25, 0.3) is 5.91 Å². The second kappa shape index (κ2) is 8.26. The van der Waals surface area contributed by atoms with Crippen molar-refractivity contribution in [1.29, 1.82) is 0 Å². The monoisotopic (exact) mass is 308 g/mol. The van der Waals surface area contributed by atoms with Crippen molar-refractivity contribution in [2.75, 3.05) is 27.3 Å². The molecule has 0 atom stereocenters. The molecule has 0 saturated carbocycles. The van der Waals surface area contributed by atoms with E-state index in [0.29, 0.717) is 23.6 Å². The molecule has 6 nitrogen and oxygen atoms in total. The van der Waals surface area contributed by atoms with Gasteiger partial charge in [-0.05, 0) is 32.9 Å². The minimum atomic E-state index is -0.267. The maximum absolute atomic E-state index is 12.7. The van der Waals surface area contributed by atoms with Crippen molar-refractivity contribution < 1.29 is 19.1 Å². The van der Waals surface area contributed by atoms with Crippen molar-refractivity contribution in [2.24, 2.45) is 0 Å². The molecule has 0 fully saturated rings. The van der Waals surface area contributed by atoms with Gasteiger partial charge in [0.1, 0.15) is 0 Å². The van der Waals surface area contributed by atoms with Crippen LogP contribution in [0.25, 0.3) is 0 Å². The SMILES string of the molecule is CCN(CC(=O)NC(C)C)C(=O)c1cccc(OC)c1OC. The Labute approximate surface area is 131 Å². The molecule has 0 heterocycles. The van der Waals surface area contributed by atoms with E-state index in [9.17, 15) is 9.59 Å². The number of carbonyl (C=O) groups excluding carboxylic acids is 2. The predicted octanol–water partition coefficient (Wildman–Crippen LogP) is 1.69. The minimum Gasteiger partial charge on any atom is -0.493 e. The number of likely N-dealkylation sites (N-methyl/N-ethyl adjacent to an activating group) is 1. The molecule has 0 bridgehead atoms. The second-order valence-electron chi connectivity index (χ2n) is 5.08. The minimum absolute atomic E-state index is 0.00781. The van der Waals surface area contributed by atoms with Crippen LogP contribution in [0, 0.1) is 0 Å². The number of para-hydroxylation sites is 1. The molecule has 122 valence electrons. The number of rotatable bonds is 7. The van der Waals surface area contributed by atoms with E-state index >= 15 is 0 Å². The van der Waals surface area contributed by atoms with E-state index in [1.807, 2.05) is 20.8 Å². The summed E-state index contributed by atoms with van der Waals surface area (Å²) in [5.41, 5.74) is 0.376. The highest BCUT2D eigenvalue weighted by Crippen LogP contribution is 2.31. The van der Waals surface area contributed by atoms with Crippen LogP contribution in [-0.2, 0) is 4.79 Å². The van der Waals surface area contributed by atoms with Crippen LogP contribution < -0.4 is 14.8 Å². The zero-order chi connectivity index (χ0) is 16.7. The highest BCUT2D eigenvalue weighted by Gasteiger charge is 2.22. The standard InChI is InChI=1S/C16H24N2O4/c1-6-18(10-14(19)17-11(2)3)16(20)12-8-7-9-13(21-4)15(12)22-5/h7-9,11H,6,10H2,1-5H3,(H,17,19). The Morgan fingerprint density at radius 3 is 2.41 bits per heavy atom. The first kappa shape index (κ1) is 17.8. The number of benzene rings is 1. The third-order valence-electron chi connectivity index (χ3n) is 3.09. The molecule has 1 rings (SSSR count). The Morgan fingerprint density at radius 1 is 1.23 bits per heavy atom. The lowest BCUT2D eigenvalue weighted by molar-refractivity contribution is -0.122. The van der Waals surface area contributed by atoms with Gasteiger partial charge >= 0.3 is 0 Å². The number of amides is 2. The summed E-state index contributed by atoms with van der Waals surface area (Å²) >= 11 is 0. The first-order chi connectivity index (χ1) is 10.4. The van der Waals surface area contributed by atoms with Gasteiger partial charge < -0.3 is 19.7 Å². The Balaban J connectivity index is 2.99. The Morgan fingerprint density at radius 2 is 1.91 bits per heavy atom. The van der Waals surface area contributed by atoms with E-state index < -0.39 is 0 Å². The quantitative estimate of drug-likeness (QED) is 0.832. The highest BCUT2D eigenvalue weighted by atomic mass is 16.5. The number of hydrogen-bond donors (Lipinski definition) is 1. The number of carbonyl (C=O) groups is 2. The lowest BCUT2D eigenvalue weighted by atomic mass is 10.1. The van der Waals surface area contributed by atoms with Crippen LogP contribution in [0.4, 0.5) is 0 Å². The van der Waals surface area contributed by atoms with Gasteiger partial charge in [0, 0.05) is 12.6 Å². The van der Waals surface area contributed by atoms with Crippen LogP contribution in [0.1, 0.15) is 31.1 Å². The zero-order valence-corrected chi connectivity index (χ0v) is 13.8. The lowest BCUT2D eigenvalue weighted by Gasteiger charge is -2.22. The van der Waals surface area contributed by atoms with Crippen LogP contribution in [0.15, 0.2) is 18.2 Å². The summed E-state index contributed by atoms with van der Waals surface area (Å²) in [7, 11) is 3.00. The molecule has 0 saturated heterocycles. The van der Waals surface area contributed by atoms with Crippen LogP contribution in [-0.4, -0.2) is 50.1 Å². The van der Waals surface area contributed by atoms with Crippen molar-refractivity contribution in [1.82, 2.24) is 10.2 Å². The molecular weight excluding hydrogens is 284 g/mol. The van der Waals surface area contributed by atoms with Gasteiger partial charge in [-0.3, -0.25) is 9.59 Å². The zero-order valence-electron chi connectivity index (χ0n) is 13.8. The summed E-state index contributed by atoms with van der Waals surface area (Å²) in [6, 6.07) is 5.13. The molecule has 0 aliphatic carbocycles. The van der Waals surface area contributed by atoms with E-state index in [-0.39, 0.29) is 24.4 Å². The number of hydrogen-bond acceptors (Lipinski definition) is 4. The summed E-state index contributed by atoms with van der Waals surface area (Å²) in [5.74, 6) is 0.401. The van der Waals surface area contributed by atoms with Crippen molar-refractivity contribution >= 4 is 11.8 Å². The van der Waals surface area contributed by atoms with E-state index in [0.717, 1.165) is 0 Å². The molecule has 0 aliphatic heterocycles. The van der Waals surface area contributed by atoms with Crippen LogP contribution >= 0.6 is 0 Å². The molecular formula is C16H24N2O4. The molecule has 2 amide bonds. The molecule has 0 radical (unpaired) electrons. The molecule has 22 heavy (non-hydrogen) atoms. The summed E-state index contributed by atoms with van der Waals surface area (Å²) in [5, 5.41) is 2.78. The largest absolute Gasteiger partial charge is 0.493 e. The van der Waals surface area contributed by atoms with E-state index in [1.54, 1.807) is 18.2 Å². The summed E-state index contributed by atoms with van der Waals surface area (Å²) < 4.78 is 10.5. The van der Waals surface area contributed by atoms with Gasteiger partial charge in [0.2, 0.25) is 5.91 Å². The average molecular weight is 308 g/mol. The topological polar surface area (TPSA) is 67.9 Å². The van der Waals surface area contributed by atoms with Crippen LogP contribution in [0.3, 0.4) is 0 Å². The summed E-state index contributed by atoms with van der Waals surface area (Å²) in [4.78, 5) is 26.0. The smallest absolute Gasteiger partial charge is 0.258 e. The first-order valence-corrected chi connectivity index (χ1v) is 7.24. The van der Waals surface area contributed by atoms with Gasteiger partial charge in [-0.15, -0.1) is 0 Å². The number of nitrogens with zero attached hydrogens (tertiary/aromatic N) is 1. The molecule has 1 aromatic carbocycles. The Bertz CT molecular complexity index is 529. The molecule has 0 aromatic heterocycles. The van der Waals surface area contributed by atoms with Crippen molar-refractivity contribution in [3.63, 3.8) is 0 Å². The molecule has 6 heteroatoms. The van der Waals surface area contributed by atoms with Gasteiger partial charge in [-0.25, -0.2) is 0 Å². The second-order valence-corrected chi connectivity index (χ2v) is 5.08. The third-order valence-corrected chi connectivity index (χ3v) is 3.09. The molecule has 0 spiro atoms. The van der Waals surface area contributed by atoms with Gasteiger partial charge in [-0.1, -0.05) is 6.07 Å². The van der Waals surface area contributed by atoms with Crippen LogP contribution in [0.2, 0.25) is 0 Å². The molecule has 0 unspecified atom stereocenters. The fourth-order valence-corrected chi connectivity index (χ4v) is 2.09. The van der Waals surface area contributed by atoms with E-state index in [2.05, 4.69) is 5.32 Å². The molecule has 0 aliphatic rings. The Kier molecular flexibility index (Phi) is 6.69. The Hall–Kier alpha value is -2.24. The average Bonchev–Trinajstić information content (AvgIpc) is 2.50. The first-order valence-electron chi connectivity index (χ1n) is 7.24. The number of methoxy groups -OCH3 is 2. The highest BCUT2D eigenvalue weighted by molar-refractivity contribution is 5.99. The normalized spacial score (nSPS) is 10.3. The van der Waals surface area contributed by atoms with E-state index in [4.69, 9.17) is 9.47 Å². The predicted molar refractivity (Wildman–Crippen MR) is 84.4 cm³/mol. The van der Waals surface area contributed by atoms with Gasteiger partial charge in [-0.2, -0.15) is 0 Å². The van der Waals surface area contributed by atoms with Crippen molar-refractivity contribution in [3.8, 4) is 11.5 Å². The lowest BCUT2D eigenvalue weighted by Crippen LogP contribution is -2.42. The number of nitrogens with one attached hydrogen (secondary N) is 1. The van der Waals surface area contributed by atoms with Crippen molar-refractivity contribution in [2.45, 2.75) is 26.8 Å². The van der Waals surface area contributed by atoms with Crippen molar-refractivity contribution in [3.05, 3.63) is 23.8 Å². The third kappa shape index (κ3) is 4.38. The number of ether oxygens (including phenoxy) is 2. The fraction of sp³-hybridized carbons (Fsp3) is 0.500. The summed E-state index contributed by atoms with van der Waals surface area (Å²) in [6.07, 6.45) is 0. The van der Waals surface area contributed by atoms with Crippen LogP contribution in [0.5, 0.6) is 11.5 Å². The maximum Gasteiger partial charge on any atom is 0.258 e. The molecule has 1 aromatic rings. The molecule has 1 N–H and O–H groups in total. The van der Waals surface area contributed by atoms with Gasteiger partial charge in [0.05, 0.1) is 26.3 Å². The van der Waals surface area contributed by atoms with Gasteiger partial charge in [0.15, 0.2) is 11.5 Å². The van der Waals surface area contributed by atoms with E-state index in [1.165, 1.54) is 19.1 Å².